The van der Waals surface area contributed by atoms with Gasteiger partial charge in [-0.25, -0.2) is 0 Å². The van der Waals surface area contributed by atoms with E-state index in [0.29, 0.717) is 13.0 Å². The molecule has 0 bridgehead atoms. The van der Waals surface area contributed by atoms with Crippen LogP contribution in [0.5, 0.6) is 0 Å². The van der Waals surface area contributed by atoms with E-state index in [9.17, 15) is 4.79 Å². The van der Waals surface area contributed by atoms with Gasteiger partial charge in [0.25, 0.3) is 0 Å². The first-order chi connectivity index (χ1) is 10.5. The van der Waals surface area contributed by atoms with Gasteiger partial charge in [-0.05, 0) is 38.1 Å². The second-order valence-corrected chi connectivity index (χ2v) is 6.71. The van der Waals surface area contributed by atoms with Crippen molar-refractivity contribution in [2.45, 2.75) is 25.2 Å². The Morgan fingerprint density at radius 3 is 2.59 bits per heavy atom. The molecule has 0 aliphatic heterocycles. The normalized spacial score (nSPS) is 10.7. The van der Waals surface area contributed by atoms with E-state index in [0.717, 1.165) is 32.6 Å². The van der Waals surface area contributed by atoms with Crippen molar-refractivity contribution in [1.29, 1.82) is 0 Å². The molecule has 0 radical (unpaired) electrons. The summed E-state index contributed by atoms with van der Waals surface area (Å²) in [4.78, 5) is 13.2. The molecule has 2 aromatic rings. The summed E-state index contributed by atoms with van der Waals surface area (Å²) in [5, 5.41) is 8.02. The Kier molecular flexibility index (Phi) is 5.91. The Balaban J connectivity index is 1.75. The zero-order valence-electron chi connectivity index (χ0n) is 13.0. The molecule has 1 aromatic heterocycles. The molecule has 0 saturated heterocycles. The number of amides is 1. The summed E-state index contributed by atoms with van der Waals surface area (Å²) < 4.78 is 1.81. The number of carbonyl (C=O) groups is 1. The number of aromatic nitrogens is 2. The summed E-state index contributed by atoms with van der Waals surface area (Å²) >= 11 is 7.54. The number of halogens is 1. The molecule has 118 valence electrons. The zero-order chi connectivity index (χ0) is 16.1. The number of hydrogen-bond donors (Lipinski definition) is 1. The molecule has 4 nitrogen and oxygen atoms in total. The van der Waals surface area contributed by atoms with Gasteiger partial charge in [0.2, 0.25) is 5.91 Å². The molecule has 0 fully saturated rings. The lowest BCUT2D eigenvalue weighted by Gasteiger charge is -2.06. The molecule has 0 atom stereocenters. The van der Waals surface area contributed by atoms with Crippen LogP contribution in [0.3, 0.4) is 0 Å². The molecule has 0 unspecified atom stereocenters. The first kappa shape index (κ1) is 16.9. The summed E-state index contributed by atoms with van der Waals surface area (Å²) in [6.07, 6.45) is 0.386. The molecule has 6 heteroatoms. The van der Waals surface area contributed by atoms with Crippen molar-refractivity contribution in [2.75, 3.05) is 12.3 Å². The van der Waals surface area contributed by atoms with Gasteiger partial charge in [0.1, 0.15) is 0 Å². The third-order valence-corrected chi connectivity index (χ3v) is 4.77. The molecule has 2 rings (SSSR count). The highest BCUT2D eigenvalue weighted by molar-refractivity contribution is 7.99. The third kappa shape index (κ3) is 4.52. The summed E-state index contributed by atoms with van der Waals surface area (Å²) in [6, 6.07) is 7.71. The van der Waals surface area contributed by atoms with Crippen LogP contribution < -0.4 is 5.32 Å². The van der Waals surface area contributed by atoms with Gasteiger partial charge in [-0.2, -0.15) is 5.10 Å². The first-order valence-corrected chi connectivity index (χ1v) is 8.48. The Morgan fingerprint density at radius 1 is 1.32 bits per heavy atom. The van der Waals surface area contributed by atoms with E-state index in [1.165, 1.54) is 0 Å². The molecule has 1 N–H and O–H groups in total. The van der Waals surface area contributed by atoms with Crippen molar-refractivity contribution >= 4 is 29.3 Å². The highest BCUT2D eigenvalue weighted by Crippen LogP contribution is 2.19. The smallest absolute Gasteiger partial charge is 0.224 e. The number of hydrogen-bond acceptors (Lipinski definition) is 3. The fraction of sp³-hybridized carbons (Fsp3) is 0.375. The van der Waals surface area contributed by atoms with Crippen molar-refractivity contribution in [2.24, 2.45) is 7.05 Å². The zero-order valence-corrected chi connectivity index (χ0v) is 14.6. The van der Waals surface area contributed by atoms with E-state index in [1.807, 2.05) is 49.8 Å². The van der Waals surface area contributed by atoms with Crippen LogP contribution in [0.2, 0.25) is 5.02 Å². The number of carbonyl (C=O) groups excluding carboxylic acids is 1. The molecule has 22 heavy (non-hydrogen) atoms. The van der Waals surface area contributed by atoms with Crippen LogP contribution in [0.25, 0.3) is 0 Å². The maximum absolute atomic E-state index is 12.0. The summed E-state index contributed by atoms with van der Waals surface area (Å²) in [5.74, 6) is 0.870. The van der Waals surface area contributed by atoms with Gasteiger partial charge in [0, 0.05) is 40.5 Å². The Bertz CT molecular complexity index is 652. The van der Waals surface area contributed by atoms with Crippen LogP contribution in [0, 0.1) is 13.8 Å². The first-order valence-electron chi connectivity index (χ1n) is 7.11. The Hall–Kier alpha value is -1.46. The molecular formula is C16H20ClN3OS. The molecular weight excluding hydrogens is 318 g/mol. The summed E-state index contributed by atoms with van der Waals surface area (Å²) in [5.41, 5.74) is 2.99. The van der Waals surface area contributed by atoms with Gasteiger partial charge in [-0.1, -0.05) is 11.6 Å². The quantitative estimate of drug-likeness (QED) is 0.650. The molecule has 1 heterocycles. The number of nitrogens with zero attached hydrogens (tertiary/aromatic N) is 2. The van der Waals surface area contributed by atoms with Gasteiger partial charge in [-0.3, -0.25) is 9.48 Å². The van der Waals surface area contributed by atoms with E-state index >= 15 is 0 Å². The van der Waals surface area contributed by atoms with Crippen LogP contribution in [0.4, 0.5) is 0 Å². The predicted octanol–water partition coefficient (Wildman–Crippen LogP) is 3.14. The lowest BCUT2D eigenvalue weighted by Crippen LogP contribution is -2.27. The van der Waals surface area contributed by atoms with E-state index in [1.54, 1.807) is 11.8 Å². The number of benzene rings is 1. The highest BCUT2D eigenvalue weighted by Gasteiger charge is 2.12. The van der Waals surface area contributed by atoms with Gasteiger partial charge in [0.05, 0.1) is 12.1 Å². The monoisotopic (exact) mass is 337 g/mol. The Morgan fingerprint density at radius 2 is 2.00 bits per heavy atom. The minimum atomic E-state index is 0.0379. The number of nitrogens with one attached hydrogen (secondary N) is 1. The van der Waals surface area contributed by atoms with Gasteiger partial charge < -0.3 is 5.32 Å². The van der Waals surface area contributed by atoms with Gasteiger partial charge in [0.15, 0.2) is 0 Å². The average Bonchev–Trinajstić information content (AvgIpc) is 2.72. The standard InChI is InChI=1S/C16H20ClN3OS/c1-11-15(12(2)20(3)19-11)10-16(21)18-8-9-22-14-6-4-13(17)5-7-14/h4-7H,8-10H2,1-3H3,(H,18,21). The van der Waals surface area contributed by atoms with E-state index < -0.39 is 0 Å². The summed E-state index contributed by atoms with van der Waals surface area (Å²) in [6.45, 7) is 4.56. The molecule has 0 spiro atoms. The van der Waals surface area contributed by atoms with E-state index in [2.05, 4.69) is 10.4 Å². The van der Waals surface area contributed by atoms with Crippen LogP contribution in [0.1, 0.15) is 17.0 Å². The average molecular weight is 338 g/mol. The summed E-state index contributed by atoms with van der Waals surface area (Å²) in [7, 11) is 1.90. The van der Waals surface area contributed by atoms with E-state index in [4.69, 9.17) is 11.6 Å². The molecule has 1 amide bonds. The topological polar surface area (TPSA) is 46.9 Å². The SMILES string of the molecule is Cc1nn(C)c(C)c1CC(=O)NCCSc1ccc(Cl)cc1. The number of rotatable bonds is 6. The largest absolute Gasteiger partial charge is 0.355 e. The van der Waals surface area contributed by atoms with Crippen LogP contribution in [-0.2, 0) is 18.3 Å². The maximum atomic E-state index is 12.0. The molecule has 1 aromatic carbocycles. The molecule has 0 saturated carbocycles. The van der Waals surface area contributed by atoms with Crippen LogP contribution in [0.15, 0.2) is 29.2 Å². The minimum absolute atomic E-state index is 0.0379. The predicted molar refractivity (Wildman–Crippen MR) is 91.6 cm³/mol. The lowest BCUT2D eigenvalue weighted by molar-refractivity contribution is -0.120. The second kappa shape index (κ2) is 7.70. The second-order valence-electron chi connectivity index (χ2n) is 5.10. The van der Waals surface area contributed by atoms with Gasteiger partial charge >= 0.3 is 0 Å². The number of aryl methyl sites for hydroxylation is 2. The number of thioether (sulfide) groups is 1. The Labute approximate surface area is 140 Å². The van der Waals surface area contributed by atoms with Gasteiger partial charge in [-0.15, -0.1) is 11.8 Å². The maximum Gasteiger partial charge on any atom is 0.224 e. The highest BCUT2D eigenvalue weighted by atomic mass is 35.5. The van der Waals surface area contributed by atoms with Crippen molar-refractivity contribution in [3.63, 3.8) is 0 Å². The lowest BCUT2D eigenvalue weighted by atomic mass is 10.1. The molecule has 0 aliphatic carbocycles. The minimum Gasteiger partial charge on any atom is -0.355 e. The third-order valence-electron chi connectivity index (χ3n) is 3.50. The van der Waals surface area contributed by atoms with Crippen molar-refractivity contribution in [3.05, 3.63) is 46.2 Å². The van der Waals surface area contributed by atoms with E-state index in [-0.39, 0.29) is 5.91 Å². The van der Waals surface area contributed by atoms with Crippen molar-refractivity contribution in [1.82, 2.24) is 15.1 Å². The van der Waals surface area contributed by atoms with Crippen molar-refractivity contribution in [3.8, 4) is 0 Å². The van der Waals surface area contributed by atoms with Crippen LogP contribution >= 0.6 is 23.4 Å². The fourth-order valence-electron chi connectivity index (χ4n) is 2.19. The van der Waals surface area contributed by atoms with Crippen molar-refractivity contribution < 1.29 is 4.79 Å². The fourth-order valence-corrected chi connectivity index (χ4v) is 3.08. The van der Waals surface area contributed by atoms with Crippen LogP contribution in [-0.4, -0.2) is 28.0 Å². The molecule has 0 aliphatic rings.